The quantitative estimate of drug-likeness (QED) is 0.901. The molecule has 4 nitrogen and oxygen atoms in total. The number of piperidine rings is 3. The molecule has 0 spiro atoms. The number of aromatic nitrogens is 1. The van der Waals surface area contributed by atoms with Crippen molar-refractivity contribution >= 4 is 40.3 Å². The van der Waals surface area contributed by atoms with Gasteiger partial charge in [-0.1, -0.05) is 11.8 Å². The van der Waals surface area contributed by atoms with E-state index >= 15 is 0 Å². The summed E-state index contributed by atoms with van der Waals surface area (Å²) in [5, 5.41) is 7.40. The molecule has 23 heavy (non-hydrogen) atoms. The topological polar surface area (TPSA) is 45.2 Å². The number of carbonyl (C=O) groups is 1. The number of aryl methyl sites for hydroxylation is 1. The van der Waals surface area contributed by atoms with E-state index in [1.54, 1.807) is 34.4 Å². The number of hydrogen-bond donors (Lipinski definition) is 1. The molecule has 2 aromatic rings. The van der Waals surface area contributed by atoms with E-state index in [0.29, 0.717) is 12.0 Å². The van der Waals surface area contributed by atoms with Gasteiger partial charge in [-0.05, 0) is 50.9 Å². The van der Waals surface area contributed by atoms with E-state index in [1.807, 2.05) is 19.1 Å². The molecule has 1 atom stereocenters. The lowest BCUT2D eigenvalue weighted by molar-refractivity contribution is 0.0622. The standard InChI is InChI=1S/C16H19N3OS3/c1-10-17-14(9-21-10)23-15-3-2-13(22-15)16(20)18-12-8-19-6-4-11(12)5-7-19/h2-3,9,11-12H,4-8H2,1H3,(H,18,20)/t12-/m0/s1. The summed E-state index contributed by atoms with van der Waals surface area (Å²) in [5.41, 5.74) is 0. The average molecular weight is 366 g/mol. The maximum atomic E-state index is 12.5. The minimum atomic E-state index is 0.0788. The first kappa shape index (κ1) is 15.6. The van der Waals surface area contributed by atoms with Crippen LogP contribution in [-0.2, 0) is 0 Å². The zero-order valence-corrected chi connectivity index (χ0v) is 15.4. The first-order valence-electron chi connectivity index (χ1n) is 7.90. The summed E-state index contributed by atoms with van der Waals surface area (Å²) in [4.78, 5) is 20.2. The van der Waals surface area contributed by atoms with Crippen molar-refractivity contribution in [3.63, 3.8) is 0 Å². The van der Waals surface area contributed by atoms with E-state index in [1.165, 1.54) is 25.9 Å². The predicted octanol–water partition coefficient (Wildman–Crippen LogP) is 3.49. The highest BCUT2D eigenvalue weighted by molar-refractivity contribution is 8.01. The Morgan fingerprint density at radius 2 is 2.22 bits per heavy atom. The Kier molecular flexibility index (Phi) is 4.45. The zero-order chi connectivity index (χ0) is 15.8. The molecule has 0 aliphatic carbocycles. The number of nitrogens with one attached hydrogen (secondary N) is 1. The molecule has 2 bridgehead atoms. The van der Waals surface area contributed by atoms with Gasteiger partial charge in [-0.15, -0.1) is 22.7 Å². The number of nitrogens with zero attached hydrogens (tertiary/aromatic N) is 2. The summed E-state index contributed by atoms with van der Waals surface area (Å²) in [6, 6.07) is 4.28. The van der Waals surface area contributed by atoms with Gasteiger partial charge in [-0.2, -0.15) is 0 Å². The molecular formula is C16H19N3OS3. The molecule has 3 saturated heterocycles. The summed E-state index contributed by atoms with van der Waals surface area (Å²) < 4.78 is 1.12. The van der Waals surface area contributed by atoms with Gasteiger partial charge in [-0.3, -0.25) is 4.79 Å². The summed E-state index contributed by atoms with van der Waals surface area (Å²) in [7, 11) is 0. The Labute approximate surface area is 148 Å². The van der Waals surface area contributed by atoms with Crippen molar-refractivity contribution in [2.24, 2.45) is 5.92 Å². The average Bonchev–Trinajstić information content (AvgIpc) is 3.18. The highest BCUT2D eigenvalue weighted by Crippen LogP contribution is 2.34. The maximum Gasteiger partial charge on any atom is 0.261 e. The van der Waals surface area contributed by atoms with Gasteiger partial charge in [0.15, 0.2) is 0 Å². The second kappa shape index (κ2) is 6.55. The van der Waals surface area contributed by atoms with Gasteiger partial charge in [0.25, 0.3) is 5.91 Å². The molecule has 3 aliphatic rings. The van der Waals surface area contributed by atoms with Crippen LogP contribution in [0.3, 0.4) is 0 Å². The molecule has 5 heterocycles. The highest BCUT2D eigenvalue weighted by atomic mass is 32.2. The third kappa shape index (κ3) is 3.47. The minimum absolute atomic E-state index is 0.0788. The maximum absolute atomic E-state index is 12.5. The van der Waals surface area contributed by atoms with Crippen molar-refractivity contribution in [1.82, 2.24) is 15.2 Å². The van der Waals surface area contributed by atoms with Gasteiger partial charge in [0.2, 0.25) is 0 Å². The van der Waals surface area contributed by atoms with E-state index in [0.717, 1.165) is 25.7 Å². The van der Waals surface area contributed by atoms with Crippen LogP contribution in [0.2, 0.25) is 0 Å². The molecule has 3 aliphatic heterocycles. The Morgan fingerprint density at radius 3 is 2.87 bits per heavy atom. The fourth-order valence-corrected chi connectivity index (χ4v) is 6.09. The summed E-state index contributed by atoms with van der Waals surface area (Å²) in [5.74, 6) is 0.741. The van der Waals surface area contributed by atoms with Crippen LogP contribution >= 0.6 is 34.4 Å². The number of fused-ring (bicyclic) bond motifs is 3. The zero-order valence-electron chi connectivity index (χ0n) is 12.9. The van der Waals surface area contributed by atoms with Crippen LogP contribution in [0.25, 0.3) is 0 Å². The lowest BCUT2D eigenvalue weighted by Crippen LogP contribution is -2.57. The first-order chi connectivity index (χ1) is 11.2. The van der Waals surface area contributed by atoms with Crippen LogP contribution in [0.4, 0.5) is 0 Å². The van der Waals surface area contributed by atoms with Crippen LogP contribution in [0.15, 0.2) is 26.7 Å². The number of carbonyl (C=O) groups excluding carboxylic acids is 1. The highest BCUT2D eigenvalue weighted by Gasteiger charge is 2.35. The predicted molar refractivity (Wildman–Crippen MR) is 95.7 cm³/mol. The minimum Gasteiger partial charge on any atom is -0.347 e. The fourth-order valence-electron chi connectivity index (χ4n) is 3.36. The Hall–Kier alpha value is -0.890. The van der Waals surface area contributed by atoms with Crippen molar-refractivity contribution in [3.05, 3.63) is 27.4 Å². The van der Waals surface area contributed by atoms with Crippen LogP contribution in [0, 0.1) is 12.8 Å². The van der Waals surface area contributed by atoms with Crippen LogP contribution in [0.5, 0.6) is 0 Å². The fraction of sp³-hybridized carbons (Fsp3) is 0.500. The number of hydrogen-bond acceptors (Lipinski definition) is 6. The molecule has 0 unspecified atom stereocenters. The normalized spacial score (nSPS) is 26.4. The van der Waals surface area contributed by atoms with E-state index in [2.05, 4.69) is 20.6 Å². The summed E-state index contributed by atoms with van der Waals surface area (Å²) in [6.45, 7) is 5.42. The molecule has 0 saturated carbocycles. The van der Waals surface area contributed by atoms with Gasteiger partial charge >= 0.3 is 0 Å². The molecular weight excluding hydrogens is 346 g/mol. The SMILES string of the molecule is Cc1nc(Sc2ccc(C(=O)N[C@H]3CN4CCC3CC4)s2)cs1. The molecule has 2 aromatic heterocycles. The van der Waals surface area contributed by atoms with Crippen molar-refractivity contribution in [2.45, 2.75) is 35.0 Å². The lowest BCUT2D eigenvalue weighted by atomic mass is 9.84. The third-order valence-electron chi connectivity index (χ3n) is 4.58. The van der Waals surface area contributed by atoms with Gasteiger partial charge in [-0.25, -0.2) is 4.98 Å². The van der Waals surface area contributed by atoms with Crippen molar-refractivity contribution in [1.29, 1.82) is 0 Å². The monoisotopic (exact) mass is 365 g/mol. The second-order valence-corrected chi connectivity index (χ2v) is 9.61. The third-order valence-corrected chi connectivity index (χ3v) is 7.64. The number of rotatable bonds is 4. The second-order valence-electron chi connectivity index (χ2n) is 6.14. The van der Waals surface area contributed by atoms with Crippen LogP contribution < -0.4 is 5.32 Å². The summed E-state index contributed by atoms with van der Waals surface area (Å²) >= 11 is 4.85. The molecule has 0 radical (unpaired) electrons. The van der Waals surface area contributed by atoms with E-state index in [4.69, 9.17) is 0 Å². The van der Waals surface area contributed by atoms with E-state index in [9.17, 15) is 4.79 Å². The molecule has 7 heteroatoms. The Bertz CT molecular complexity index is 703. The Balaban J connectivity index is 1.39. The van der Waals surface area contributed by atoms with Crippen molar-refractivity contribution in [2.75, 3.05) is 19.6 Å². The first-order valence-corrected chi connectivity index (χ1v) is 10.4. The van der Waals surface area contributed by atoms with E-state index < -0.39 is 0 Å². The molecule has 3 fully saturated rings. The van der Waals surface area contributed by atoms with Gasteiger partial charge in [0, 0.05) is 18.0 Å². The molecule has 122 valence electrons. The lowest BCUT2D eigenvalue weighted by Gasteiger charge is -2.44. The molecule has 1 amide bonds. The van der Waals surface area contributed by atoms with Gasteiger partial charge in [0.05, 0.1) is 14.1 Å². The summed E-state index contributed by atoms with van der Waals surface area (Å²) in [6.07, 6.45) is 2.44. The largest absolute Gasteiger partial charge is 0.347 e. The number of thiazole rings is 1. The molecule has 0 aromatic carbocycles. The number of amides is 1. The van der Waals surface area contributed by atoms with Crippen molar-refractivity contribution < 1.29 is 4.79 Å². The molecule has 1 N–H and O–H groups in total. The van der Waals surface area contributed by atoms with Crippen molar-refractivity contribution in [3.8, 4) is 0 Å². The smallest absolute Gasteiger partial charge is 0.261 e. The number of thiophene rings is 1. The van der Waals surface area contributed by atoms with Crippen LogP contribution in [-0.4, -0.2) is 41.5 Å². The van der Waals surface area contributed by atoms with Crippen LogP contribution in [0.1, 0.15) is 27.5 Å². The van der Waals surface area contributed by atoms with Gasteiger partial charge < -0.3 is 10.2 Å². The van der Waals surface area contributed by atoms with E-state index in [-0.39, 0.29) is 5.91 Å². The Morgan fingerprint density at radius 1 is 1.39 bits per heavy atom. The van der Waals surface area contributed by atoms with Gasteiger partial charge in [0.1, 0.15) is 5.03 Å². The molecule has 5 rings (SSSR count).